The average molecular weight is 447 g/mol. The number of carbonyl (C=O) groups is 1. The quantitative estimate of drug-likeness (QED) is 0.572. The Balaban J connectivity index is 1.37. The maximum Gasteiger partial charge on any atom is 0.224 e. The molecule has 0 bridgehead atoms. The minimum atomic E-state index is 0.0107. The summed E-state index contributed by atoms with van der Waals surface area (Å²) < 4.78 is 5.68. The Morgan fingerprint density at radius 2 is 1.79 bits per heavy atom. The van der Waals surface area contributed by atoms with Gasteiger partial charge in [-0.2, -0.15) is 0 Å². The van der Waals surface area contributed by atoms with E-state index in [0.717, 1.165) is 59.9 Å². The van der Waals surface area contributed by atoms with Crippen molar-refractivity contribution < 1.29 is 9.53 Å². The number of carbonyl (C=O) groups excluding carboxylic acids is 1. The molecule has 6 heteroatoms. The largest absolute Gasteiger partial charge is 0.491 e. The van der Waals surface area contributed by atoms with E-state index in [-0.39, 0.29) is 12.0 Å². The molecular formula is C27H34N4O2. The van der Waals surface area contributed by atoms with E-state index in [9.17, 15) is 4.79 Å². The molecule has 4 rings (SSSR count). The molecule has 1 saturated heterocycles. The molecule has 2 heterocycles. The average Bonchev–Trinajstić information content (AvgIpc) is 2.79. The van der Waals surface area contributed by atoms with E-state index >= 15 is 0 Å². The Morgan fingerprint density at radius 3 is 2.48 bits per heavy atom. The van der Waals surface area contributed by atoms with Crippen molar-refractivity contribution >= 4 is 28.3 Å². The van der Waals surface area contributed by atoms with Gasteiger partial charge in [-0.15, -0.1) is 0 Å². The first-order valence-electron chi connectivity index (χ1n) is 11.8. The second kappa shape index (κ2) is 10.2. The van der Waals surface area contributed by atoms with Gasteiger partial charge in [-0.05, 0) is 81.8 Å². The summed E-state index contributed by atoms with van der Waals surface area (Å²) >= 11 is 0. The maximum absolute atomic E-state index is 12.5. The zero-order valence-electron chi connectivity index (χ0n) is 20.1. The Labute approximate surface area is 196 Å². The highest BCUT2D eigenvalue weighted by molar-refractivity contribution is 5.94. The molecule has 2 aromatic carbocycles. The van der Waals surface area contributed by atoms with E-state index in [1.165, 1.54) is 5.56 Å². The third-order valence-corrected chi connectivity index (χ3v) is 6.05. The molecule has 1 N–H and O–H groups in total. The van der Waals surface area contributed by atoms with Crippen LogP contribution in [-0.2, 0) is 11.2 Å². The lowest BCUT2D eigenvalue weighted by atomic mass is 10.1. The minimum absolute atomic E-state index is 0.0107. The topological polar surface area (TPSA) is 57.7 Å². The molecule has 0 atom stereocenters. The maximum atomic E-state index is 12.5. The van der Waals surface area contributed by atoms with Crippen LogP contribution in [0.15, 0.2) is 48.5 Å². The number of benzene rings is 2. The molecule has 1 amide bonds. The van der Waals surface area contributed by atoms with Crippen molar-refractivity contribution in [3.8, 4) is 5.75 Å². The number of likely N-dealkylation sites (N-methyl/N-ethyl adjacent to an activating group) is 1. The molecule has 0 aliphatic carbocycles. The van der Waals surface area contributed by atoms with E-state index in [0.29, 0.717) is 12.8 Å². The van der Waals surface area contributed by atoms with Gasteiger partial charge in [0.1, 0.15) is 11.6 Å². The van der Waals surface area contributed by atoms with Crippen LogP contribution in [0.4, 0.5) is 11.5 Å². The van der Waals surface area contributed by atoms with Gasteiger partial charge in [-0.3, -0.25) is 4.79 Å². The van der Waals surface area contributed by atoms with Gasteiger partial charge in [0, 0.05) is 43.7 Å². The molecule has 0 spiro atoms. The smallest absolute Gasteiger partial charge is 0.224 e. The number of hydrogen-bond donors (Lipinski definition) is 1. The number of nitrogens with zero attached hydrogens (tertiary/aromatic N) is 3. The Morgan fingerprint density at radius 1 is 1.06 bits per heavy atom. The first-order chi connectivity index (χ1) is 15.9. The molecule has 0 radical (unpaired) electrons. The van der Waals surface area contributed by atoms with Crippen LogP contribution in [0.5, 0.6) is 5.75 Å². The standard InChI is InChI=1S/C27H34N4O2/c1-19(2)33-23-9-5-21(6-10-23)7-12-27(32)28-22-8-11-25-24(18-22)20(3)17-26(29-25)31-15-13-30(4)14-16-31/h5-6,8-11,17-19H,7,12-16H2,1-4H3,(H,28,32). The monoisotopic (exact) mass is 446 g/mol. The number of nitrogens with one attached hydrogen (secondary N) is 1. The summed E-state index contributed by atoms with van der Waals surface area (Å²) in [7, 11) is 2.16. The lowest BCUT2D eigenvalue weighted by molar-refractivity contribution is -0.116. The summed E-state index contributed by atoms with van der Waals surface area (Å²) in [5, 5.41) is 4.12. The second-order valence-electron chi connectivity index (χ2n) is 9.18. The zero-order chi connectivity index (χ0) is 23.4. The first-order valence-corrected chi connectivity index (χ1v) is 11.8. The van der Waals surface area contributed by atoms with Crippen LogP contribution in [0.2, 0.25) is 0 Å². The lowest BCUT2D eigenvalue weighted by Crippen LogP contribution is -2.44. The van der Waals surface area contributed by atoms with Crippen molar-refractivity contribution in [1.82, 2.24) is 9.88 Å². The van der Waals surface area contributed by atoms with Crippen molar-refractivity contribution in [1.29, 1.82) is 0 Å². The van der Waals surface area contributed by atoms with Gasteiger partial charge in [0.05, 0.1) is 11.6 Å². The van der Waals surface area contributed by atoms with Gasteiger partial charge in [0.15, 0.2) is 0 Å². The van der Waals surface area contributed by atoms with Crippen LogP contribution >= 0.6 is 0 Å². The highest BCUT2D eigenvalue weighted by Gasteiger charge is 2.16. The molecule has 1 aliphatic heterocycles. The molecule has 0 saturated carbocycles. The highest BCUT2D eigenvalue weighted by atomic mass is 16.5. The van der Waals surface area contributed by atoms with Gasteiger partial charge >= 0.3 is 0 Å². The van der Waals surface area contributed by atoms with Crippen LogP contribution < -0.4 is 15.0 Å². The summed E-state index contributed by atoms with van der Waals surface area (Å²) in [6, 6.07) is 16.1. The number of piperazine rings is 1. The van der Waals surface area contributed by atoms with Gasteiger partial charge in [0.2, 0.25) is 5.91 Å². The van der Waals surface area contributed by atoms with E-state index in [4.69, 9.17) is 9.72 Å². The third-order valence-electron chi connectivity index (χ3n) is 6.05. The van der Waals surface area contributed by atoms with Gasteiger partial charge in [0.25, 0.3) is 0 Å². The lowest BCUT2D eigenvalue weighted by Gasteiger charge is -2.33. The van der Waals surface area contributed by atoms with E-state index in [1.54, 1.807) is 0 Å². The van der Waals surface area contributed by atoms with Crippen LogP contribution in [0.3, 0.4) is 0 Å². The molecule has 33 heavy (non-hydrogen) atoms. The molecular weight excluding hydrogens is 412 g/mol. The fourth-order valence-corrected chi connectivity index (χ4v) is 4.14. The van der Waals surface area contributed by atoms with Gasteiger partial charge < -0.3 is 19.9 Å². The second-order valence-corrected chi connectivity index (χ2v) is 9.18. The summed E-state index contributed by atoms with van der Waals surface area (Å²) in [5.74, 6) is 1.90. The van der Waals surface area contributed by atoms with E-state index in [1.807, 2.05) is 56.3 Å². The van der Waals surface area contributed by atoms with Crippen LogP contribution in [-0.4, -0.2) is 55.1 Å². The summed E-state index contributed by atoms with van der Waals surface area (Å²) in [5.41, 5.74) is 4.07. The van der Waals surface area contributed by atoms with Crippen LogP contribution in [0.25, 0.3) is 10.9 Å². The summed E-state index contributed by atoms with van der Waals surface area (Å²) in [4.78, 5) is 22.1. The van der Waals surface area contributed by atoms with Crippen LogP contribution in [0.1, 0.15) is 31.4 Å². The predicted octanol–water partition coefficient (Wildman–Crippen LogP) is 4.65. The van der Waals surface area contributed by atoms with Gasteiger partial charge in [-0.25, -0.2) is 4.98 Å². The molecule has 0 unspecified atom stereocenters. The number of hydrogen-bond acceptors (Lipinski definition) is 5. The predicted molar refractivity (Wildman–Crippen MR) is 135 cm³/mol. The zero-order valence-corrected chi connectivity index (χ0v) is 20.1. The molecule has 6 nitrogen and oxygen atoms in total. The number of rotatable bonds is 7. The van der Waals surface area contributed by atoms with Crippen molar-refractivity contribution in [2.24, 2.45) is 0 Å². The minimum Gasteiger partial charge on any atom is -0.491 e. The molecule has 3 aromatic rings. The molecule has 1 aromatic heterocycles. The Bertz CT molecular complexity index is 1100. The van der Waals surface area contributed by atoms with Crippen molar-refractivity contribution in [2.45, 2.75) is 39.7 Å². The highest BCUT2D eigenvalue weighted by Crippen LogP contribution is 2.26. The fraction of sp³-hybridized carbons (Fsp3) is 0.407. The normalized spacial score (nSPS) is 14.6. The molecule has 1 aliphatic rings. The third kappa shape index (κ3) is 6.02. The number of aromatic nitrogens is 1. The number of ether oxygens (including phenoxy) is 1. The summed E-state index contributed by atoms with van der Waals surface area (Å²) in [6.45, 7) is 10.2. The van der Waals surface area contributed by atoms with Crippen molar-refractivity contribution in [3.05, 3.63) is 59.7 Å². The van der Waals surface area contributed by atoms with Crippen molar-refractivity contribution in [2.75, 3.05) is 43.4 Å². The SMILES string of the molecule is Cc1cc(N2CCN(C)CC2)nc2ccc(NC(=O)CCc3ccc(OC(C)C)cc3)cc12. The number of pyridine rings is 1. The van der Waals surface area contributed by atoms with Gasteiger partial charge in [-0.1, -0.05) is 12.1 Å². The number of amides is 1. The fourth-order valence-electron chi connectivity index (χ4n) is 4.14. The van der Waals surface area contributed by atoms with Crippen LogP contribution in [0, 0.1) is 6.92 Å². The van der Waals surface area contributed by atoms with E-state index < -0.39 is 0 Å². The molecule has 1 fully saturated rings. The first kappa shape index (κ1) is 23.1. The summed E-state index contributed by atoms with van der Waals surface area (Å²) in [6.07, 6.45) is 1.28. The molecule has 174 valence electrons. The number of aryl methyl sites for hydroxylation is 2. The Kier molecular flexibility index (Phi) is 7.14. The Hall–Kier alpha value is -3.12. The number of anilines is 2. The van der Waals surface area contributed by atoms with E-state index in [2.05, 4.69) is 35.2 Å². The number of fused-ring (bicyclic) bond motifs is 1. The van der Waals surface area contributed by atoms with Crippen molar-refractivity contribution in [3.63, 3.8) is 0 Å².